The van der Waals surface area contributed by atoms with Crippen molar-refractivity contribution in [3.05, 3.63) is 72.4 Å². The Kier molecular flexibility index (Phi) is 6.43. The average molecular weight is 523 g/mol. The van der Waals surface area contributed by atoms with Crippen molar-refractivity contribution in [1.82, 2.24) is 9.78 Å². The van der Waals surface area contributed by atoms with Gasteiger partial charge in [0.25, 0.3) is 0 Å². The monoisotopic (exact) mass is 522 g/mol. The highest BCUT2D eigenvalue weighted by molar-refractivity contribution is 7.90. The average Bonchev–Trinajstić information content (AvgIpc) is 3.45. The van der Waals surface area contributed by atoms with Gasteiger partial charge < -0.3 is 9.84 Å². The van der Waals surface area contributed by atoms with Crippen LogP contribution in [0.15, 0.2) is 71.6 Å². The van der Waals surface area contributed by atoms with Gasteiger partial charge in [-0.15, -0.1) is 11.3 Å². The molecule has 0 aliphatic rings. The Bertz CT molecular complexity index is 1510. The van der Waals surface area contributed by atoms with Crippen LogP contribution in [0.2, 0.25) is 0 Å². The summed E-state index contributed by atoms with van der Waals surface area (Å²) in [5.74, 6) is -1.04. The van der Waals surface area contributed by atoms with Gasteiger partial charge in [0, 0.05) is 17.2 Å². The molecular formula is C23H17F3N2O5S2. The van der Waals surface area contributed by atoms with E-state index in [1.54, 1.807) is 24.3 Å². The predicted molar refractivity (Wildman–Crippen MR) is 124 cm³/mol. The van der Waals surface area contributed by atoms with E-state index in [0.29, 0.717) is 15.3 Å². The number of carboxylic acid groups (broad SMARTS) is 1. The molecule has 0 spiro atoms. The molecule has 0 amide bonds. The summed E-state index contributed by atoms with van der Waals surface area (Å²) >= 11 is 1.18. The minimum Gasteiger partial charge on any atom is -0.482 e. The first-order valence-electron chi connectivity index (χ1n) is 9.95. The normalized spacial score (nSPS) is 12.0. The Balaban J connectivity index is 1.78. The van der Waals surface area contributed by atoms with E-state index in [0.717, 1.165) is 17.0 Å². The maximum absolute atomic E-state index is 13.5. The molecular weight excluding hydrogens is 505 g/mol. The van der Waals surface area contributed by atoms with Gasteiger partial charge in [-0.1, -0.05) is 18.2 Å². The fourth-order valence-electron chi connectivity index (χ4n) is 3.25. The third kappa shape index (κ3) is 5.54. The zero-order valence-corrected chi connectivity index (χ0v) is 19.6. The quantitative estimate of drug-likeness (QED) is 0.360. The van der Waals surface area contributed by atoms with E-state index in [1.165, 1.54) is 47.7 Å². The third-order valence-electron chi connectivity index (χ3n) is 4.83. The molecule has 4 rings (SSSR count). The minimum absolute atomic E-state index is 0.132. The largest absolute Gasteiger partial charge is 0.482 e. The number of halogens is 3. The zero-order valence-electron chi connectivity index (χ0n) is 18.0. The second-order valence-corrected chi connectivity index (χ2v) is 10.6. The van der Waals surface area contributed by atoms with E-state index in [4.69, 9.17) is 9.84 Å². The first-order valence-corrected chi connectivity index (χ1v) is 12.7. The van der Waals surface area contributed by atoms with Crippen molar-refractivity contribution >= 4 is 27.1 Å². The molecule has 0 aliphatic carbocycles. The molecule has 12 heteroatoms. The number of nitrogens with zero attached hydrogens (tertiary/aromatic N) is 2. The third-order valence-corrected chi connectivity index (χ3v) is 7.10. The Labute approximate surface area is 202 Å². The van der Waals surface area contributed by atoms with Crippen LogP contribution in [0.3, 0.4) is 0 Å². The second-order valence-electron chi connectivity index (χ2n) is 7.47. The highest BCUT2D eigenvalue weighted by atomic mass is 32.2. The van der Waals surface area contributed by atoms with E-state index >= 15 is 0 Å². The summed E-state index contributed by atoms with van der Waals surface area (Å²) in [6.07, 6.45) is -3.60. The van der Waals surface area contributed by atoms with Crippen LogP contribution in [-0.2, 0) is 20.8 Å². The summed E-state index contributed by atoms with van der Waals surface area (Å²) in [7, 11) is -3.43. The number of carbonyl (C=O) groups is 1. The Morgan fingerprint density at radius 3 is 2.46 bits per heavy atom. The second kappa shape index (κ2) is 9.19. The van der Waals surface area contributed by atoms with Gasteiger partial charge in [-0.05, 0) is 48.0 Å². The summed E-state index contributed by atoms with van der Waals surface area (Å²) < 4.78 is 70.6. The first kappa shape index (κ1) is 24.5. The molecule has 2 aromatic heterocycles. The van der Waals surface area contributed by atoms with Gasteiger partial charge in [-0.2, -0.15) is 18.3 Å². The van der Waals surface area contributed by atoms with E-state index in [1.807, 2.05) is 0 Å². The van der Waals surface area contributed by atoms with Gasteiger partial charge in [0.1, 0.15) is 5.75 Å². The Morgan fingerprint density at radius 2 is 1.77 bits per heavy atom. The number of aliphatic carboxylic acids is 1. The zero-order chi connectivity index (χ0) is 25.4. The fraction of sp³-hybridized carbons (Fsp3) is 0.130. The molecule has 0 saturated heterocycles. The van der Waals surface area contributed by atoms with Crippen LogP contribution in [-0.4, -0.2) is 42.1 Å². The Morgan fingerprint density at radius 1 is 1.06 bits per heavy atom. The maximum atomic E-state index is 13.5. The molecule has 7 nitrogen and oxygen atoms in total. The lowest BCUT2D eigenvalue weighted by Gasteiger charge is -2.09. The van der Waals surface area contributed by atoms with E-state index < -0.39 is 34.3 Å². The molecule has 0 radical (unpaired) electrons. The smallest absolute Gasteiger partial charge is 0.435 e. The number of hydrogen-bond acceptors (Lipinski definition) is 6. The molecule has 0 saturated carbocycles. The first-order chi connectivity index (χ1) is 16.4. The van der Waals surface area contributed by atoms with E-state index in [-0.39, 0.29) is 22.0 Å². The standard InChI is InChI=1S/C23H17F3N2O5S2/c1-35(31,32)17-7-2-4-14(10-17)19-8-9-20(34-19)18-12-21(23(24,25)26)27-28(18)15-5-3-6-16(11-15)33-13-22(29)30/h2-12H,13H2,1H3,(H,29,30). The number of thiophene rings is 1. The van der Waals surface area contributed by atoms with Crippen LogP contribution < -0.4 is 4.74 Å². The predicted octanol–water partition coefficient (Wildman–Crippen LogP) is 5.15. The number of alkyl halides is 3. The summed E-state index contributed by atoms with van der Waals surface area (Å²) in [5.41, 5.74) is -0.0932. The molecule has 1 N–H and O–H groups in total. The highest BCUT2D eigenvalue weighted by Gasteiger charge is 2.35. The fourth-order valence-corrected chi connectivity index (χ4v) is 4.92. The summed E-state index contributed by atoms with van der Waals surface area (Å²) in [5, 5.41) is 12.5. The van der Waals surface area contributed by atoms with Crippen LogP contribution in [0.25, 0.3) is 26.7 Å². The number of carboxylic acids is 1. The van der Waals surface area contributed by atoms with Crippen LogP contribution in [0, 0.1) is 0 Å². The van der Waals surface area contributed by atoms with Crippen LogP contribution >= 0.6 is 11.3 Å². The van der Waals surface area contributed by atoms with Crippen molar-refractivity contribution < 1.29 is 36.2 Å². The molecule has 0 aliphatic heterocycles. The molecule has 4 aromatic rings. The molecule has 2 heterocycles. The number of ether oxygens (including phenoxy) is 1. The van der Waals surface area contributed by atoms with Crippen molar-refractivity contribution in [2.24, 2.45) is 0 Å². The van der Waals surface area contributed by atoms with E-state index in [9.17, 15) is 26.4 Å². The van der Waals surface area contributed by atoms with Gasteiger partial charge in [0.05, 0.1) is 21.2 Å². The molecule has 0 fully saturated rings. The number of benzene rings is 2. The molecule has 2 aromatic carbocycles. The lowest BCUT2D eigenvalue weighted by atomic mass is 10.2. The lowest BCUT2D eigenvalue weighted by Crippen LogP contribution is -2.10. The lowest BCUT2D eigenvalue weighted by molar-refractivity contribution is -0.141. The molecule has 35 heavy (non-hydrogen) atoms. The number of hydrogen-bond donors (Lipinski definition) is 1. The van der Waals surface area contributed by atoms with Crippen LogP contribution in [0.1, 0.15) is 5.69 Å². The summed E-state index contributed by atoms with van der Waals surface area (Å²) in [6.45, 7) is -0.607. The SMILES string of the molecule is CS(=O)(=O)c1cccc(-c2ccc(-c3cc(C(F)(F)F)nn3-c3cccc(OCC(=O)O)c3)s2)c1. The van der Waals surface area contributed by atoms with Crippen molar-refractivity contribution in [2.75, 3.05) is 12.9 Å². The topological polar surface area (TPSA) is 98.5 Å². The van der Waals surface area contributed by atoms with Crippen molar-refractivity contribution in [3.8, 4) is 32.4 Å². The van der Waals surface area contributed by atoms with Crippen LogP contribution in [0.4, 0.5) is 13.2 Å². The van der Waals surface area contributed by atoms with Gasteiger partial charge in [0.15, 0.2) is 22.1 Å². The van der Waals surface area contributed by atoms with Crippen LogP contribution in [0.5, 0.6) is 5.75 Å². The van der Waals surface area contributed by atoms with Gasteiger partial charge in [-0.25, -0.2) is 17.9 Å². The van der Waals surface area contributed by atoms with Crippen molar-refractivity contribution in [2.45, 2.75) is 11.1 Å². The van der Waals surface area contributed by atoms with Crippen molar-refractivity contribution in [3.63, 3.8) is 0 Å². The number of rotatable bonds is 7. The van der Waals surface area contributed by atoms with Crippen molar-refractivity contribution in [1.29, 1.82) is 0 Å². The molecule has 0 bridgehead atoms. The van der Waals surface area contributed by atoms with Gasteiger partial charge in [-0.3, -0.25) is 0 Å². The highest BCUT2D eigenvalue weighted by Crippen LogP contribution is 2.39. The summed E-state index contributed by atoms with van der Waals surface area (Å²) in [4.78, 5) is 12.0. The molecule has 0 atom stereocenters. The molecule has 0 unspecified atom stereocenters. The number of aromatic nitrogens is 2. The van der Waals surface area contributed by atoms with Gasteiger partial charge in [0.2, 0.25) is 0 Å². The van der Waals surface area contributed by atoms with E-state index in [2.05, 4.69) is 5.10 Å². The number of sulfone groups is 1. The molecule has 182 valence electrons. The van der Waals surface area contributed by atoms with Gasteiger partial charge >= 0.3 is 12.1 Å². The Hall–Kier alpha value is -3.64. The minimum atomic E-state index is -4.69. The summed E-state index contributed by atoms with van der Waals surface area (Å²) in [6, 6.07) is 16.4. The maximum Gasteiger partial charge on any atom is 0.435 e.